The lowest BCUT2D eigenvalue weighted by Crippen LogP contribution is -2.06. The zero-order chi connectivity index (χ0) is 12.5. The van der Waals surface area contributed by atoms with Crippen LogP contribution in [0.2, 0.25) is 5.02 Å². The molecule has 0 bridgehead atoms. The van der Waals surface area contributed by atoms with Gasteiger partial charge in [-0.1, -0.05) is 11.6 Å². The fourth-order valence-corrected chi connectivity index (χ4v) is 1.36. The molecule has 2 aromatic rings. The molecule has 0 fully saturated rings. The summed E-state index contributed by atoms with van der Waals surface area (Å²) in [5.74, 6) is 0.453. The Morgan fingerprint density at radius 3 is 2.65 bits per heavy atom. The van der Waals surface area contributed by atoms with Crippen LogP contribution in [0.1, 0.15) is 5.56 Å². The summed E-state index contributed by atoms with van der Waals surface area (Å²) >= 11 is 5.69. The van der Waals surface area contributed by atoms with E-state index in [1.807, 2.05) is 0 Å². The Morgan fingerprint density at radius 1 is 1.35 bits per heavy atom. The number of hydrogen-bond donors (Lipinski definition) is 1. The molecule has 0 saturated heterocycles. The maximum absolute atomic E-state index is 12.3. The van der Waals surface area contributed by atoms with Crippen molar-refractivity contribution in [1.82, 2.24) is 4.98 Å². The van der Waals surface area contributed by atoms with Crippen molar-refractivity contribution in [3.8, 4) is 0 Å². The molecule has 17 heavy (non-hydrogen) atoms. The minimum Gasteiger partial charge on any atom is -0.449 e. The molecule has 0 aliphatic heterocycles. The zero-order valence-corrected chi connectivity index (χ0v) is 9.01. The summed E-state index contributed by atoms with van der Waals surface area (Å²) in [6.45, 7) is 0. The highest BCUT2D eigenvalue weighted by atomic mass is 35.5. The van der Waals surface area contributed by atoms with Crippen LogP contribution in [0.25, 0.3) is 0 Å². The largest absolute Gasteiger partial charge is 0.449 e. The van der Waals surface area contributed by atoms with Crippen molar-refractivity contribution < 1.29 is 17.6 Å². The van der Waals surface area contributed by atoms with Gasteiger partial charge >= 0.3 is 6.18 Å². The summed E-state index contributed by atoms with van der Waals surface area (Å²) in [6.07, 6.45) is -2.34. The van der Waals surface area contributed by atoms with E-state index in [1.165, 1.54) is 6.26 Å². The Hall–Kier alpha value is -1.69. The lowest BCUT2D eigenvalue weighted by atomic mass is 10.3. The van der Waals surface area contributed by atoms with Gasteiger partial charge in [-0.15, -0.1) is 0 Å². The van der Waals surface area contributed by atoms with Crippen LogP contribution in [0, 0.1) is 0 Å². The molecule has 7 heteroatoms. The number of aromatic nitrogens is 1. The molecule has 2 aromatic heterocycles. The fourth-order valence-electron chi connectivity index (χ4n) is 1.15. The third-order valence-corrected chi connectivity index (χ3v) is 2.22. The second-order valence-corrected chi connectivity index (χ2v) is 3.56. The molecule has 3 nitrogen and oxygen atoms in total. The maximum atomic E-state index is 12.3. The Kier molecular flexibility index (Phi) is 2.97. The topological polar surface area (TPSA) is 38.1 Å². The van der Waals surface area contributed by atoms with Crippen LogP contribution in [0.5, 0.6) is 0 Å². The number of hydrogen-bond acceptors (Lipinski definition) is 3. The van der Waals surface area contributed by atoms with Crippen LogP contribution in [0.3, 0.4) is 0 Å². The predicted molar refractivity (Wildman–Crippen MR) is 56.2 cm³/mol. The van der Waals surface area contributed by atoms with Gasteiger partial charge < -0.3 is 9.73 Å². The third-order valence-electron chi connectivity index (χ3n) is 1.93. The summed E-state index contributed by atoms with van der Waals surface area (Å²) in [4.78, 5) is 3.60. The van der Waals surface area contributed by atoms with E-state index in [1.54, 1.807) is 12.1 Å². The van der Waals surface area contributed by atoms with E-state index in [-0.39, 0.29) is 10.8 Å². The molecule has 0 unspecified atom stereocenters. The third kappa shape index (κ3) is 2.71. The molecule has 1 N–H and O–H groups in total. The Bertz CT molecular complexity index is 511. The van der Waals surface area contributed by atoms with Crippen LogP contribution >= 0.6 is 11.6 Å². The fraction of sp³-hybridized carbons (Fsp3) is 0.100. The summed E-state index contributed by atoms with van der Waals surface area (Å²) < 4.78 is 42.0. The van der Waals surface area contributed by atoms with Crippen molar-refractivity contribution in [2.45, 2.75) is 6.18 Å². The van der Waals surface area contributed by atoms with Gasteiger partial charge in [0.2, 0.25) is 0 Å². The number of alkyl halides is 3. The van der Waals surface area contributed by atoms with Crippen LogP contribution in [0.4, 0.5) is 24.9 Å². The van der Waals surface area contributed by atoms with E-state index >= 15 is 0 Å². The van der Waals surface area contributed by atoms with Crippen molar-refractivity contribution >= 4 is 23.3 Å². The number of pyridine rings is 1. The van der Waals surface area contributed by atoms with Crippen molar-refractivity contribution in [3.05, 3.63) is 41.2 Å². The highest BCUT2D eigenvalue weighted by Gasteiger charge is 2.31. The van der Waals surface area contributed by atoms with E-state index in [9.17, 15) is 13.2 Å². The molecule has 2 rings (SSSR count). The van der Waals surface area contributed by atoms with E-state index in [2.05, 4.69) is 10.3 Å². The molecule has 90 valence electrons. The molecule has 0 radical (unpaired) electrons. The summed E-state index contributed by atoms with van der Waals surface area (Å²) in [6, 6.07) is 4.02. The highest BCUT2D eigenvalue weighted by Crippen LogP contribution is 2.33. The smallest absolute Gasteiger partial charge is 0.417 e. The summed E-state index contributed by atoms with van der Waals surface area (Å²) in [5.41, 5.74) is -0.896. The quantitative estimate of drug-likeness (QED) is 0.886. The summed E-state index contributed by atoms with van der Waals surface area (Å²) in [7, 11) is 0. The first-order valence-electron chi connectivity index (χ1n) is 4.50. The average molecular weight is 263 g/mol. The SMILES string of the molecule is FC(F)(F)c1cnc(Nc2ccco2)c(Cl)c1. The number of nitrogens with one attached hydrogen (secondary N) is 1. The van der Waals surface area contributed by atoms with Gasteiger partial charge in [0, 0.05) is 12.3 Å². The number of anilines is 2. The summed E-state index contributed by atoms with van der Waals surface area (Å²) in [5, 5.41) is 2.53. The second kappa shape index (κ2) is 4.29. The molecular formula is C10H6ClF3N2O. The lowest BCUT2D eigenvalue weighted by molar-refractivity contribution is -0.137. The minimum atomic E-state index is -4.46. The number of halogens is 4. The monoisotopic (exact) mass is 262 g/mol. The van der Waals surface area contributed by atoms with E-state index < -0.39 is 11.7 Å². The van der Waals surface area contributed by atoms with Gasteiger partial charge in [0.25, 0.3) is 0 Å². The van der Waals surface area contributed by atoms with Crippen molar-refractivity contribution in [2.24, 2.45) is 0 Å². The van der Waals surface area contributed by atoms with Gasteiger partial charge in [-0.2, -0.15) is 13.2 Å². The van der Waals surface area contributed by atoms with Crippen molar-refractivity contribution in [1.29, 1.82) is 0 Å². The van der Waals surface area contributed by atoms with Gasteiger partial charge in [-0.25, -0.2) is 4.98 Å². The number of rotatable bonds is 2. The van der Waals surface area contributed by atoms with Crippen molar-refractivity contribution in [2.75, 3.05) is 5.32 Å². The predicted octanol–water partition coefficient (Wildman–Crippen LogP) is 4.09. The minimum absolute atomic E-state index is 0.106. The lowest BCUT2D eigenvalue weighted by Gasteiger charge is -2.09. The molecule has 0 amide bonds. The van der Waals surface area contributed by atoms with Crippen LogP contribution < -0.4 is 5.32 Å². The van der Waals surface area contributed by atoms with E-state index in [0.29, 0.717) is 12.1 Å². The molecule has 0 saturated carbocycles. The van der Waals surface area contributed by atoms with Crippen LogP contribution in [0.15, 0.2) is 35.1 Å². The normalized spacial score (nSPS) is 11.5. The maximum Gasteiger partial charge on any atom is 0.417 e. The van der Waals surface area contributed by atoms with Crippen LogP contribution in [-0.2, 0) is 6.18 Å². The Balaban J connectivity index is 2.26. The Morgan fingerprint density at radius 2 is 2.12 bits per heavy atom. The zero-order valence-electron chi connectivity index (χ0n) is 8.25. The van der Waals surface area contributed by atoms with E-state index in [4.69, 9.17) is 16.0 Å². The molecule has 0 aliphatic carbocycles. The molecule has 0 aliphatic rings. The molecule has 2 heterocycles. The van der Waals surface area contributed by atoms with Crippen molar-refractivity contribution in [3.63, 3.8) is 0 Å². The molecule has 0 atom stereocenters. The van der Waals surface area contributed by atoms with Crippen LogP contribution in [-0.4, -0.2) is 4.98 Å². The van der Waals surface area contributed by atoms with Gasteiger partial charge in [0.15, 0.2) is 11.7 Å². The standard InChI is InChI=1S/C10H6ClF3N2O/c11-7-4-6(10(12,13)14)5-15-9(7)16-8-2-1-3-17-8/h1-5H,(H,15,16). The second-order valence-electron chi connectivity index (χ2n) is 3.15. The van der Waals surface area contributed by atoms with E-state index in [0.717, 1.165) is 6.07 Å². The number of furan rings is 1. The first-order chi connectivity index (χ1) is 7.97. The van der Waals surface area contributed by atoms with Gasteiger partial charge in [-0.05, 0) is 12.1 Å². The highest BCUT2D eigenvalue weighted by molar-refractivity contribution is 6.33. The molecular weight excluding hydrogens is 257 g/mol. The molecule has 0 aromatic carbocycles. The number of nitrogens with zero attached hydrogens (tertiary/aromatic N) is 1. The first-order valence-corrected chi connectivity index (χ1v) is 4.88. The molecule has 0 spiro atoms. The first kappa shape index (κ1) is 11.8. The average Bonchev–Trinajstić information content (AvgIpc) is 2.72. The van der Waals surface area contributed by atoms with Gasteiger partial charge in [-0.3, -0.25) is 0 Å². The van der Waals surface area contributed by atoms with Gasteiger partial charge in [0.1, 0.15) is 0 Å². The Labute approximate surface area is 99.2 Å². The van der Waals surface area contributed by atoms with Gasteiger partial charge in [0.05, 0.1) is 16.8 Å².